The van der Waals surface area contributed by atoms with E-state index >= 15 is 0 Å². The number of methoxy groups -OCH3 is 2. The number of hydrogen-bond acceptors (Lipinski definition) is 5. The molecule has 0 aromatic heterocycles. The van der Waals surface area contributed by atoms with Gasteiger partial charge in [0.1, 0.15) is 11.5 Å². The molecule has 1 aliphatic rings. The van der Waals surface area contributed by atoms with E-state index in [0.29, 0.717) is 44.5 Å². The molecule has 0 spiro atoms. The standard InChI is InChI=1S/C25H22ClNO5/c1-14-20(26)13-12-19-22(14)27-24(29)25(19,30)21(15-4-8-17(31-2)9-5-15)23(28)16-6-10-18(32-3)11-7-16/h4-13,21,30H,1-3H3,(H,27,29)/t21-,25-/m0/s1. The maximum atomic E-state index is 13.8. The first-order chi connectivity index (χ1) is 15.3. The van der Waals surface area contributed by atoms with Crippen LogP contribution in [0.5, 0.6) is 11.5 Å². The second kappa shape index (κ2) is 8.30. The number of halogens is 1. The molecule has 3 aromatic rings. The monoisotopic (exact) mass is 451 g/mol. The highest BCUT2D eigenvalue weighted by molar-refractivity contribution is 6.32. The zero-order valence-electron chi connectivity index (χ0n) is 17.8. The van der Waals surface area contributed by atoms with E-state index in [0.717, 1.165) is 0 Å². The molecule has 7 heteroatoms. The molecular weight excluding hydrogens is 430 g/mol. The number of ketones is 1. The molecule has 32 heavy (non-hydrogen) atoms. The predicted molar refractivity (Wildman–Crippen MR) is 122 cm³/mol. The van der Waals surface area contributed by atoms with Crippen LogP contribution in [0.3, 0.4) is 0 Å². The first-order valence-corrected chi connectivity index (χ1v) is 10.3. The lowest BCUT2D eigenvalue weighted by atomic mass is 9.74. The Morgan fingerprint density at radius 1 is 0.969 bits per heavy atom. The first kappa shape index (κ1) is 21.9. The molecule has 0 fully saturated rings. The molecule has 4 rings (SSSR count). The van der Waals surface area contributed by atoms with E-state index in [1.165, 1.54) is 14.2 Å². The van der Waals surface area contributed by atoms with Gasteiger partial charge in [-0.15, -0.1) is 0 Å². The van der Waals surface area contributed by atoms with Gasteiger partial charge in [0, 0.05) is 16.1 Å². The zero-order chi connectivity index (χ0) is 23.0. The zero-order valence-corrected chi connectivity index (χ0v) is 18.6. The Hall–Kier alpha value is -3.35. The number of carbonyl (C=O) groups excluding carboxylic acids is 2. The fraction of sp³-hybridized carbons (Fsp3) is 0.200. The van der Waals surface area contributed by atoms with Gasteiger partial charge >= 0.3 is 0 Å². The van der Waals surface area contributed by atoms with Crippen LogP contribution in [-0.4, -0.2) is 31.0 Å². The number of benzene rings is 3. The quantitative estimate of drug-likeness (QED) is 0.540. The van der Waals surface area contributed by atoms with Crippen LogP contribution < -0.4 is 14.8 Å². The molecule has 0 bridgehead atoms. The normalized spacial score (nSPS) is 18.0. The van der Waals surface area contributed by atoms with Crippen molar-refractivity contribution in [2.45, 2.75) is 18.4 Å². The molecular formula is C25H22ClNO5. The molecule has 0 unspecified atom stereocenters. The topological polar surface area (TPSA) is 84.9 Å². The third-order valence-electron chi connectivity index (χ3n) is 5.90. The van der Waals surface area contributed by atoms with Crippen LogP contribution in [0.2, 0.25) is 5.02 Å². The molecule has 2 N–H and O–H groups in total. The van der Waals surface area contributed by atoms with Crippen LogP contribution in [0.15, 0.2) is 60.7 Å². The highest BCUT2D eigenvalue weighted by atomic mass is 35.5. The summed E-state index contributed by atoms with van der Waals surface area (Å²) in [5.74, 6) is -1.11. The lowest BCUT2D eigenvalue weighted by Crippen LogP contribution is -2.44. The van der Waals surface area contributed by atoms with Crippen molar-refractivity contribution >= 4 is 29.0 Å². The average molecular weight is 452 g/mol. The highest BCUT2D eigenvalue weighted by Crippen LogP contribution is 2.49. The number of hydrogen-bond donors (Lipinski definition) is 2. The molecule has 6 nitrogen and oxygen atoms in total. The number of anilines is 1. The second-order valence-electron chi connectivity index (χ2n) is 7.61. The Morgan fingerprint density at radius 3 is 2.09 bits per heavy atom. The minimum atomic E-state index is -2.13. The average Bonchev–Trinajstić information content (AvgIpc) is 3.08. The van der Waals surface area contributed by atoms with E-state index < -0.39 is 23.2 Å². The Bertz CT molecular complexity index is 1190. The molecule has 2 atom stereocenters. The van der Waals surface area contributed by atoms with Crippen molar-refractivity contribution in [2.75, 3.05) is 19.5 Å². The maximum absolute atomic E-state index is 13.8. The number of fused-ring (bicyclic) bond motifs is 1. The van der Waals surface area contributed by atoms with E-state index in [-0.39, 0.29) is 0 Å². The molecule has 164 valence electrons. The first-order valence-electron chi connectivity index (χ1n) is 9.97. The number of ether oxygens (including phenoxy) is 2. The van der Waals surface area contributed by atoms with E-state index in [2.05, 4.69) is 5.32 Å². The van der Waals surface area contributed by atoms with Crippen molar-refractivity contribution < 1.29 is 24.2 Å². The summed E-state index contributed by atoms with van der Waals surface area (Å²) in [5, 5.41) is 15.0. The van der Waals surface area contributed by atoms with Crippen molar-refractivity contribution in [3.8, 4) is 11.5 Å². The number of aliphatic hydroxyl groups is 1. The Labute approximate surface area is 190 Å². The largest absolute Gasteiger partial charge is 0.497 e. The van der Waals surface area contributed by atoms with Crippen LogP contribution in [0.25, 0.3) is 0 Å². The van der Waals surface area contributed by atoms with Crippen molar-refractivity contribution in [3.05, 3.63) is 87.9 Å². The van der Waals surface area contributed by atoms with Gasteiger partial charge < -0.3 is 19.9 Å². The van der Waals surface area contributed by atoms with Crippen molar-refractivity contribution in [1.82, 2.24) is 0 Å². The number of rotatable bonds is 6. The maximum Gasteiger partial charge on any atom is 0.262 e. The molecule has 1 amide bonds. The van der Waals surface area contributed by atoms with Gasteiger partial charge in [-0.3, -0.25) is 9.59 Å². The number of Topliss-reactive ketones (excluding diaryl/α,β-unsaturated/α-hetero) is 1. The minimum absolute atomic E-state index is 0.312. The minimum Gasteiger partial charge on any atom is -0.497 e. The molecule has 0 radical (unpaired) electrons. The lowest BCUT2D eigenvalue weighted by Gasteiger charge is -2.31. The van der Waals surface area contributed by atoms with E-state index in [1.54, 1.807) is 67.6 Å². The van der Waals surface area contributed by atoms with Gasteiger partial charge in [-0.2, -0.15) is 0 Å². The SMILES string of the molecule is COc1ccc(C(=O)[C@H](c2ccc(OC)cc2)[C@]2(O)C(=O)Nc3c2ccc(Cl)c3C)cc1. The van der Waals surface area contributed by atoms with Crippen LogP contribution in [-0.2, 0) is 10.4 Å². The molecule has 1 heterocycles. The van der Waals surface area contributed by atoms with Crippen molar-refractivity contribution in [3.63, 3.8) is 0 Å². The number of carbonyl (C=O) groups is 2. The van der Waals surface area contributed by atoms with Gasteiger partial charge in [-0.05, 0) is 60.5 Å². The molecule has 1 aliphatic heterocycles. The summed E-state index contributed by atoms with van der Waals surface area (Å²) >= 11 is 6.22. The molecule has 0 saturated heterocycles. The number of amides is 1. The van der Waals surface area contributed by atoms with Crippen LogP contribution in [0.1, 0.15) is 33.0 Å². The van der Waals surface area contributed by atoms with Gasteiger partial charge in [-0.1, -0.05) is 29.8 Å². The predicted octanol–water partition coefficient (Wildman–Crippen LogP) is 4.47. The fourth-order valence-electron chi connectivity index (χ4n) is 4.08. The molecule has 3 aromatic carbocycles. The van der Waals surface area contributed by atoms with Crippen molar-refractivity contribution in [2.24, 2.45) is 0 Å². The summed E-state index contributed by atoms with van der Waals surface area (Å²) in [6, 6.07) is 16.5. The van der Waals surface area contributed by atoms with Gasteiger partial charge in [0.25, 0.3) is 5.91 Å². The van der Waals surface area contributed by atoms with Crippen molar-refractivity contribution in [1.29, 1.82) is 0 Å². The van der Waals surface area contributed by atoms with Crippen LogP contribution >= 0.6 is 11.6 Å². The number of nitrogens with one attached hydrogen (secondary N) is 1. The fourth-order valence-corrected chi connectivity index (χ4v) is 4.24. The van der Waals surface area contributed by atoms with Gasteiger partial charge in [-0.25, -0.2) is 0 Å². The van der Waals surface area contributed by atoms with E-state index in [9.17, 15) is 14.7 Å². The third-order valence-corrected chi connectivity index (χ3v) is 6.31. The summed E-state index contributed by atoms with van der Waals surface area (Å²) in [7, 11) is 3.07. The molecule has 0 saturated carbocycles. The van der Waals surface area contributed by atoms with Crippen LogP contribution in [0.4, 0.5) is 5.69 Å². The van der Waals surface area contributed by atoms with Gasteiger partial charge in [0.05, 0.1) is 25.8 Å². The summed E-state index contributed by atoms with van der Waals surface area (Å²) in [6.45, 7) is 1.75. The van der Waals surface area contributed by atoms with Gasteiger partial charge in [0.2, 0.25) is 0 Å². The Morgan fingerprint density at radius 2 is 1.53 bits per heavy atom. The molecule has 0 aliphatic carbocycles. The summed E-state index contributed by atoms with van der Waals surface area (Å²) < 4.78 is 10.4. The summed E-state index contributed by atoms with van der Waals surface area (Å²) in [6.07, 6.45) is 0. The summed E-state index contributed by atoms with van der Waals surface area (Å²) in [5.41, 5.74) is 0.0460. The van der Waals surface area contributed by atoms with Crippen LogP contribution in [0, 0.1) is 6.92 Å². The second-order valence-corrected chi connectivity index (χ2v) is 8.02. The van der Waals surface area contributed by atoms with E-state index in [1.807, 2.05) is 0 Å². The Kier molecular flexibility index (Phi) is 5.67. The van der Waals surface area contributed by atoms with E-state index in [4.69, 9.17) is 21.1 Å². The smallest absolute Gasteiger partial charge is 0.262 e. The Balaban J connectivity index is 1.90. The van der Waals surface area contributed by atoms with Gasteiger partial charge in [0.15, 0.2) is 11.4 Å². The highest BCUT2D eigenvalue weighted by Gasteiger charge is 2.55. The lowest BCUT2D eigenvalue weighted by molar-refractivity contribution is -0.135. The summed E-state index contributed by atoms with van der Waals surface area (Å²) in [4.78, 5) is 27.0. The third kappa shape index (κ3) is 3.42.